The van der Waals surface area contributed by atoms with Crippen molar-refractivity contribution in [3.63, 3.8) is 0 Å². The zero-order chi connectivity index (χ0) is 18.4. The summed E-state index contributed by atoms with van der Waals surface area (Å²) in [6, 6.07) is 8.18. The fourth-order valence-electron chi connectivity index (χ4n) is 2.36. The first kappa shape index (κ1) is 17.9. The number of anilines is 1. The average molecular weight is 367 g/mol. The number of benzene rings is 1. The summed E-state index contributed by atoms with van der Waals surface area (Å²) in [7, 11) is 0. The number of nitrogen functional groups attached to an aromatic ring is 1. The number of aromatic nitrogens is 2. The van der Waals surface area contributed by atoms with Gasteiger partial charge in [0, 0.05) is 29.8 Å². The Morgan fingerprint density at radius 3 is 2.92 bits per heavy atom. The van der Waals surface area contributed by atoms with Crippen molar-refractivity contribution in [2.75, 3.05) is 11.5 Å². The summed E-state index contributed by atoms with van der Waals surface area (Å²) in [5.74, 6) is 1.12. The van der Waals surface area contributed by atoms with Crippen LogP contribution in [0.5, 0.6) is 0 Å². The largest absolute Gasteiger partial charge is 0.384 e. The fourth-order valence-corrected chi connectivity index (χ4v) is 2.99. The zero-order valence-electron chi connectivity index (χ0n) is 13.9. The van der Waals surface area contributed by atoms with Crippen molar-refractivity contribution in [3.8, 4) is 0 Å². The van der Waals surface area contributed by atoms with Crippen LogP contribution in [0.15, 0.2) is 71.4 Å². The van der Waals surface area contributed by atoms with Crippen molar-refractivity contribution in [2.24, 2.45) is 0 Å². The first-order valence-electron chi connectivity index (χ1n) is 7.98. The normalized spacial score (nSPS) is 14.0. The van der Waals surface area contributed by atoms with Crippen LogP contribution in [-0.4, -0.2) is 21.4 Å². The van der Waals surface area contributed by atoms with Gasteiger partial charge in [0.1, 0.15) is 17.3 Å². The molecular formula is C19H18FN5S. The van der Waals surface area contributed by atoms with E-state index in [0.29, 0.717) is 23.6 Å². The van der Waals surface area contributed by atoms with Crippen molar-refractivity contribution in [1.82, 2.24) is 15.3 Å². The van der Waals surface area contributed by atoms with E-state index < -0.39 is 0 Å². The second-order valence-corrected chi connectivity index (χ2v) is 6.46. The molecule has 4 N–H and O–H groups in total. The Morgan fingerprint density at radius 2 is 2.19 bits per heavy atom. The van der Waals surface area contributed by atoms with Gasteiger partial charge in [-0.15, -0.1) is 11.8 Å². The van der Waals surface area contributed by atoms with Crippen LogP contribution in [0, 0.1) is 11.2 Å². The van der Waals surface area contributed by atoms with E-state index >= 15 is 0 Å². The highest BCUT2D eigenvalue weighted by molar-refractivity contribution is 8.02. The van der Waals surface area contributed by atoms with E-state index in [1.54, 1.807) is 42.1 Å². The van der Waals surface area contributed by atoms with Gasteiger partial charge in [0.15, 0.2) is 5.82 Å². The zero-order valence-corrected chi connectivity index (χ0v) is 14.8. The Kier molecular flexibility index (Phi) is 5.80. The molecule has 0 spiro atoms. The lowest BCUT2D eigenvalue weighted by molar-refractivity contribution is 0.602. The van der Waals surface area contributed by atoms with E-state index in [1.165, 1.54) is 12.3 Å². The lowest BCUT2D eigenvalue weighted by Crippen LogP contribution is -2.18. The molecule has 0 atom stereocenters. The molecule has 26 heavy (non-hydrogen) atoms. The van der Waals surface area contributed by atoms with Crippen LogP contribution in [0.2, 0.25) is 0 Å². The van der Waals surface area contributed by atoms with Crippen molar-refractivity contribution in [2.45, 2.75) is 6.54 Å². The minimum Gasteiger partial charge on any atom is -0.384 e. The molecular weight excluding hydrogens is 349 g/mol. The maximum atomic E-state index is 13.9. The number of thioether (sulfide) groups is 1. The van der Waals surface area contributed by atoms with Crippen LogP contribution < -0.4 is 11.1 Å². The molecule has 0 unspecified atom stereocenters. The Bertz CT molecular complexity index is 904. The number of hydrogen-bond donors (Lipinski definition) is 3. The lowest BCUT2D eigenvalue weighted by atomic mass is 10.1. The summed E-state index contributed by atoms with van der Waals surface area (Å²) < 4.78 is 13.9. The molecule has 0 bridgehead atoms. The van der Waals surface area contributed by atoms with Gasteiger partial charge in [-0.2, -0.15) is 0 Å². The van der Waals surface area contributed by atoms with E-state index in [0.717, 1.165) is 11.3 Å². The number of nitrogens with two attached hydrogens (primary N) is 1. The minimum absolute atomic E-state index is 0.126. The maximum absolute atomic E-state index is 13.9. The predicted molar refractivity (Wildman–Crippen MR) is 104 cm³/mol. The molecule has 7 heteroatoms. The Labute approximate surface area is 155 Å². The molecule has 132 valence electrons. The van der Waals surface area contributed by atoms with E-state index in [2.05, 4.69) is 21.4 Å². The molecule has 5 nitrogen and oxygen atoms in total. The van der Waals surface area contributed by atoms with Gasteiger partial charge in [0.05, 0.1) is 0 Å². The fraction of sp³-hybridized carbons (Fsp3) is 0.105. The standard InChI is InChI=1S/C19H18FN5S/c20-15-4-2-1-3-14(15)12-24-17(13-6-9-26-10-7-13)11-16(21)19-23-8-5-18(22)25-19/h1-9,11,21,24H,10,12H2,(H2,22,23,25)/b17-11-,21-16?. The molecule has 0 saturated carbocycles. The first-order valence-corrected chi connectivity index (χ1v) is 9.03. The second kappa shape index (κ2) is 8.44. The molecule has 0 fully saturated rings. The van der Waals surface area contributed by atoms with Gasteiger partial charge in [-0.3, -0.25) is 5.41 Å². The average Bonchev–Trinajstić information content (AvgIpc) is 2.67. The van der Waals surface area contributed by atoms with Crippen LogP contribution in [0.25, 0.3) is 0 Å². The third kappa shape index (κ3) is 4.58. The number of nitrogens with one attached hydrogen (secondary N) is 2. The summed E-state index contributed by atoms with van der Waals surface area (Å²) in [6.07, 6.45) is 7.17. The number of halogens is 1. The number of nitrogens with zero attached hydrogens (tertiary/aromatic N) is 2. The quantitative estimate of drug-likeness (QED) is 0.681. The Morgan fingerprint density at radius 1 is 1.35 bits per heavy atom. The molecule has 2 aromatic rings. The van der Waals surface area contributed by atoms with Crippen LogP contribution in [0.3, 0.4) is 0 Å². The monoisotopic (exact) mass is 367 g/mol. The number of rotatable bonds is 6. The van der Waals surface area contributed by atoms with Crippen molar-refractivity contribution >= 4 is 23.3 Å². The van der Waals surface area contributed by atoms with Crippen LogP contribution in [-0.2, 0) is 6.54 Å². The van der Waals surface area contributed by atoms with E-state index in [1.807, 2.05) is 11.5 Å². The molecule has 0 aliphatic carbocycles. The van der Waals surface area contributed by atoms with Crippen LogP contribution >= 0.6 is 11.8 Å². The van der Waals surface area contributed by atoms with E-state index in [-0.39, 0.29) is 17.4 Å². The highest BCUT2D eigenvalue weighted by Gasteiger charge is 2.10. The van der Waals surface area contributed by atoms with Crippen molar-refractivity contribution in [1.29, 1.82) is 5.41 Å². The Balaban J connectivity index is 1.85. The smallest absolute Gasteiger partial charge is 0.179 e. The highest BCUT2D eigenvalue weighted by atomic mass is 32.2. The van der Waals surface area contributed by atoms with Crippen LogP contribution in [0.4, 0.5) is 10.2 Å². The Hall–Kier alpha value is -2.93. The molecule has 1 aliphatic heterocycles. The van der Waals surface area contributed by atoms with Gasteiger partial charge >= 0.3 is 0 Å². The molecule has 0 amide bonds. The molecule has 0 radical (unpaired) electrons. The van der Waals surface area contributed by atoms with Gasteiger partial charge in [-0.05, 0) is 35.3 Å². The highest BCUT2D eigenvalue weighted by Crippen LogP contribution is 2.20. The predicted octanol–water partition coefficient (Wildman–Crippen LogP) is 3.43. The summed E-state index contributed by atoms with van der Waals surface area (Å²) in [6.45, 7) is 0.307. The van der Waals surface area contributed by atoms with Gasteiger partial charge in [0.2, 0.25) is 0 Å². The maximum Gasteiger partial charge on any atom is 0.179 e. The summed E-state index contributed by atoms with van der Waals surface area (Å²) in [4.78, 5) is 8.15. The first-order chi connectivity index (χ1) is 12.6. The molecule has 0 saturated heterocycles. The number of allylic oxidation sites excluding steroid dienone is 2. The summed E-state index contributed by atoms with van der Waals surface area (Å²) in [5, 5.41) is 13.5. The van der Waals surface area contributed by atoms with Crippen molar-refractivity contribution < 1.29 is 4.39 Å². The van der Waals surface area contributed by atoms with Gasteiger partial charge < -0.3 is 11.1 Å². The topological polar surface area (TPSA) is 87.7 Å². The van der Waals surface area contributed by atoms with Crippen molar-refractivity contribution in [3.05, 3.63) is 88.6 Å². The molecule has 1 aromatic carbocycles. The van der Waals surface area contributed by atoms with Gasteiger partial charge in [-0.25, -0.2) is 14.4 Å². The third-order valence-electron chi connectivity index (χ3n) is 3.69. The van der Waals surface area contributed by atoms with Gasteiger partial charge in [0.25, 0.3) is 0 Å². The lowest BCUT2D eigenvalue weighted by Gasteiger charge is -2.15. The minimum atomic E-state index is -0.266. The van der Waals surface area contributed by atoms with Gasteiger partial charge in [-0.1, -0.05) is 24.3 Å². The van der Waals surface area contributed by atoms with E-state index in [9.17, 15) is 4.39 Å². The molecule has 1 aliphatic rings. The second-order valence-electron chi connectivity index (χ2n) is 5.52. The molecule has 3 rings (SSSR count). The van der Waals surface area contributed by atoms with E-state index in [4.69, 9.17) is 11.1 Å². The summed E-state index contributed by atoms with van der Waals surface area (Å²) >= 11 is 1.68. The molecule has 1 aromatic heterocycles. The third-order valence-corrected chi connectivity index (χ3v) is 4.38. The molecule has 2 heterocycles. The summed E-state index contributed by atoms with van der Waals surface area (Å²) in [5.41, 5.74) is 8.00. The van der Waals surface area contributed by atoms with Crippen LogP contribution in [0.1, 0.15) is 11.4 Å². The number of hydrogen-bond acceptors (Lipinski definition) is 6. The SMILES string of the molecule is N=C(/C=C(\NCc1ccccc1F)C1=CCSC=C1)c1nccc(N)n1.